The van der Waals surface area contributed by atoms with E-state index in [2.05, 4.69) is 26.4 Å². The molecule has 0 bridgehead atoms. The van der Waals surface area contributed by atoms with Gasteiger partial charge in [0.15, 0.2) is 11.6 Å². The average Bonchev–Trinajstić information content (AvgIpc) is 3.31. The van der Waals surface area contributed by atoms with E-state index in [9.17, 15) is 13.6 Å². The minimum Gasteiger partial charge on any atom is -0.463 e. The fourth-order valence-corrected chi connectivity index (χ4v) is 6.72. The van der Waals surface area contributed by atoms with Crippen molar-refractivity contribution in [2.75, 3.05) is 57.8 Å². The molecule has 47 heavy (non-hydrogen) atoms. The first-order chi connectivity index (χ1) is 22.4. The van der Waals surface area contributed by atoms with E-state index in [1.54, 1.807) is 30.1 Å². The van der Waals surface area contributed by atoms with Crippen LogP contribution in [0, 0.1) is 24.1 Å². The molecule has 2 aliphatic rings. The van der Waals surface area contributed by atoms with E-state index in [1.807, 2.05) is 4.90 Å². The molecule has 2 unspecified atom stereocenters. The number of rotatable bonds is 7. The highest BCUT2D eigenvalue weighted by Gasteiger charge is 2.43. The number of ether oxygens (including phenoxy) is 1. The molecule has 0 aliphatic carbocycles. The summed E-state index contributed by atoms with van der Waals surface area (Å²) < 4.78 is 66.2. The second-order valence-electron chi connectivity index (χ2n) is 12.1. The molecule has 0 saturated carbocycles. The van der Waals surface area contributed by atoms with Crippen molar-refractivity contribution in [1.29, 1.82) is 0 Å². The van der Waals surface area contributed by atoms with Gasteiger partial charge in [0.25, 0.3) is 5.91 Å². The number of carbonyl (C=O) groups excluding carboxylic acids is 1. The van der Waals surface area contributed by atoms with Crippen LogP contribution in [-0.4, -0.2) is 95.3 Å². The highest BCUT2D eigenvalue weighted by atomic mass is 35.5. The zero-order valence-electron chi connectivity index (χ0n) is 25.6. The van der Waals surface area contributed by atoms with E-state index < -0.39 is 41.0 Å². The van der Waals surface area contributed by atoms with Crippen LogP contribution in [0.3, 0.4) is 0 Å². The number of hydrogen-bond donors (Lipinski definition) is 0. The van der Waals surface area contributed by atoms with E-state index in [1.165, 1.54) is 30.2 Å². The zero-order valence-corrected chi connectivity index (χ0v) is 26.4. The maximum atomic E-state index is 16.6. The SMILES string of the molecule is [C-]#[N+]C[C@H]1CN(c2nc(OCC3CN(C)CC3(C)F)nc3c(F)c(-c4cccc5ccc(F)c(Cl)c45)ncc23)CCN1C(=O)C(=C)F. The molecular weight excluding hydrogens is 638 g/mol. The molecule has 2 saturated heterocycles. The van der Waals surface area contributed by atoms with Crippen molar-refractivity contribution in [1.82, 2.24) is 24.8 Å². The predicted octanol–water partition coefficient (Wildman–Crippen LogP) is 5.86. The molecule has 6 rings (SSSR count). The van der Waals surface area contributed by atoms with Crippen LogP contribution >= 0.6 is 11.6 Å². The van der Waals surface area contributed by atoms with Gasteiger partial charge < -0.3 is 24.3 Å². The van der Waals surface area contributed by atoms with Gasteiger partial charge in [-0.3, -0.25) is 9.78 Å². The lowest BCUT2D eigenvalue weighted by atomic mass is 9.96. The number of aromatic nitrogens is 3. The third-order valence-electron chi connectivity index (χ3n) is 8.79. The van der Waals surface area contributed by atoms with Crippen LogP contribution in [0.5, 0.6) is 6.01 Å². The van der Waals surface area contributed by atoms with Crippen LogP contribution < -0.4 is 9.64 Å². The van der Waals surface area contributed by atoms with Crippen molar-refractivity contribution in [3.8, 4) is 17.3 Å². The number of likely N-dealkylation sites (tertiary alicyclic amines) is 1. The Bertz CT molecular complexity index is 1950. The largest absolute Gasteiger partial charge is 0.463 e. The molecule has 4 aromatic rings. The molecule has 2 aromatic heterocycles. The fraction of sp³-hybridized carbons (Fsp3) is 0.364. The van der Waals surface area contributed by atoms with Crippen molar-refractivity contribution < 1.29 is 27.1 Å². The van der Waals surface area contributed by atoms with Gasteiger partial charge in [-0.1, -0.05) is 42.4 Å². The molecule has 4 heterocycles. The molecule has 244 valence electrons. The normalized spacial score (nSPS) is 21.7. The van der Waals surface area contributed by atoms with Gasteiger partial charge >= 0.3 is 6.01 Å². The van der Waals surface area contributed by atoms with Crippen LogP contribution in [0.1, 0.15) is 6.92 Å². The quantitative estimate of drug-likeness (QED) is 0.139. The number of hydrogen-bond acceptors (Lipinski definition) is 7. The van der Waals surface area contributed by atoms with Gasteiger partial charge in [-0.15, -0.1) is 0 Å². The monoisotopic (exact) mass is 667 g/mol. The number of pyridine rings is 1. The molecule has 2 aliphatic heterocycles. The lowest BCUT2D eigenvalue weighted by Crippen LogP contribution is -2.56. The Hall–Kier alpha value is -4.54. The second-order valence-corrected chi connectivity index (χ2v) is 12.5. The Kier molecular flexibility index (Phi) is 8.67. The predicted molar refractivity (Wildman–Crippen MR) is 171 cm³/mol. The summed E-state index contributed by atoms with van der Waals surface area (Å²) in [6.45, 7) is 12.7. The van der Waals surface area contributed by atoms with E-state index in [0.717, 1.165) is 0 Å². The van der Waals surface area contributed by atoms with Gasteiger partial charge in [0, 0.05) is 55.8 Å². The number of alkyl halides is 1. The number of fused-ring (bicyclic) bond motifs is 2. The van der Waals surface area contributed by atoms with Crippen molar-refractivity contribution in [2.45, 2.75) is 18.6 Å². The summed E-state index contributed by atoms with van der Waals surface area (Å²) in [7, 11) is 1.81. The Morgan fingerprint density at radius 1 is 1.21 bits per heavy atom. The minimum absolute atomic E-state index is 0.0341. The topological polar surface area (TPSA) is 79.1 Å². The summed E-state index contributed by atoms with van der Waals surface area (Å²) in [5.41, 5.74) is -1.59. The average molecular weight is 668 g/mol. The summed E-state index contributed by atoms with van der Waals surface area (Å²) in [5, 5.41) is 0.864. The second kappa shape index (κ2) is 12.6. The molecule has 9 nitrogen and oxygen atoms in total. The van der Waals surface area contributed by atoms with Crippen LogP contribution in [0.15, 0.2) is 48.9 Å². The summed E-state index contributed by atoms with van der Waals surface area (Å²) in [6, 6.07) is 6.80. The number of piperazine rings is 1. The highest BCUT2D eigenvalue weighted by Crippen LogP contribution is 2.39. The van der Waals surface area contributed by atoms with E-state index in [4.69, 9.17) is 22.9 Å². The zero-order chi connectivity index (χ0) is 33.6. The first-order valence-corrected chi connectivity index (χ1v) is 15.2. The Labute approximate surface area is 273 Å². The lowest BCUT2D eigenvalue weighted by molar-refractivity contribution is -0.131. The Balaban J connectivity index is 1.46. The number of halogens is 5. The minimum atomic E-state index is -1.53. The van der Waals surface area contributed by atoms with Crippen molar-refractivity contribution in [3.63, 3.8) is 0 Å². The van der Waals surface area contributed by atoms with Crippen LogP contribution in [0.4, 0.5) is 23.4 Å². The fourth-order valence-electron chi connectivity index (χ4n) is 6.44. The van der Waals surface area contributed by atoms with Gasteiger partial charge in [-0.2, -0.15) is 9.97 Å². The Morgan fingerprint density at radius 3 is 2.70 bits per heavy atom. The number of nitrogens with zero attached hydrogens (tertiary/aromatic N) is 7. The first kappa shape index (κ1) is 32.4. The summed E-state index contributed by atoms with van der Waals surface area (Å²) >= 11 is 6.34. The van der Waals surface area contributed by atoms with E-state index >= 15 is 8.78 Å². The van der Waals surface area contributed by atoms with Crippen molar-refractivity contribution in [2.24, 2.45) is 5.92 Å². The molecule has 0 radical (unpaired) electrons. The van der Waals surface area contributed by atoms with Gasteiger partial charge in [-0.25, -0.2) is 24.1 Å². The highest BCUT2D eigenvalue weighted by molar-refractivity contribution is 6.36. The summed E-state index contributed by atoms with van der Waals surface area (Å²) in [4.78, 5) is 34.1. The lowest BCUT2D eigenvalue weighted by Gasteiger charge is -2.39. The molecule has 0 N–H and O–H groups in total. The smallest absolute Gasteiger partial charge is 0.319 e. The maximum absolute atomic E-state index is 16.6. The number of carbonyl (C=O) groups is 1. The van der Waals surface area contributed by atoms with Gasteiger partial charge in [0.05, 0.1) is 17.0 Å². The van der Waals surface area contributed by atoms with E-state index in [-0.39, 0.29) is 83.7 Å². The number of anilines is 1. The van der Waals surface area contributed by atoms with Crippen LogP contribution in [0.25, 0.3) is 37.8 Å². The number of benzene rings is 2. The molecule has 3 atom stereocenters. The molecular formula is C33H30ClF4N7O2. The molecule has 2 aromatic carbocycles. The standard InChI is InChI=1S/C33H30ClF4N7O2/c1-18(35)31(46)45-11-10-44(15-21(45)12-39-3)30-23-13-40-28(22-7-5-6-19-8-9-24(36)26(34)25(19)22)27(37)29(23)41-32(42-30)47-16-20-14-43(4)17-33(20,2)38/h5-9,13,20-21H,1,10-12,14-17H2,2,4H3/t20?,21-,33?/m0/s1. The molecule has 1 amide bonds. The molecule has 14 heteroatoms. The maximum Gasteiger partial charge on any atom is 0.319 e. The van der Waals surface area contributed by atoms with Crippen LogP contribution in [-0.2, 0) is 4.79 Å². The molecule has 0 spiro atoms. The van der Waals surface area contributed by atoms with Crippen molar-refractivity contribution in [3.05, 3.63) is 77.0 Å². The summed E-state index contributed by atoms with van der Waals surface area (Å²) in [5.74, 6) is -3.87. The van der Waals surface area contributed by atoms with Crippen LogP contribution in [0.2, 0.25) is 5.02 Å². The number of amides is 1. The third-order valence-corrected chi connectivity index (χ3v) is 9.16. The van der Waals surface area contributed by atoms with Crippen molar-refractivity contribution >= 4 is 45.0 Å². The van der Waals surface area contributed by atoms with E-state index in [0.29, 0.717) is 11.9 Å². The van der Waals surface area contributed by atoms with Gasteiger partial charge in [-0.05, 0) is 25.4 Å². The van der Waals surface area contributed by atoms with Gasteiger partial charge in [0.1, 0.15) is 34.6 Å². The Morgan fingerprint density at radius 2 is 2.00 bits per heavy atom. The molecule has 2 fully saturated rings. The third kappa shape index (κ3) is 6.03. The first-order valence-electron chi connectivity index (χ1n) is 14.9. The summed E-state index contributed by atoms with van der Waals surface area (Å²) in [6.07, 6.45) is 1.38. The van der Waals surface area contributed by atoms with Gasteiger partial charge in [0.2, 0.25) is 6.54 Å².